The minimum Gasteiger partial charge on any atom is -0.478 e. The predicted octanol–water partition coefficient (Wildman–Crippen LogP) is -2.80. The monoisotopic (exact) mass is 296 g/mol. The van der Waals surface area contributed by atoms with E-state index in [1.165, 1.54) is 0 Å². The van der Waals surface area contributed by atoms with Gasteiger partial charge < -0.3 is 5.11 Å². The average molecular weight is 296 g/mol. The second-order valence-corrected chi connectivity index (χ2v) is 3.64. The molecule has 112 valence electrons. The number of benzene rings is 1. The maximum atomic E-state index is 11.8. The lowest BCUT2D eigenvalue weighted by Gasteiger charge is -2.14. The Bertz CT molecular complexity index is 629. The second kappa shape index (κ2) is 6.42. The minimum atomic E-state index is -1.50. The summed E-state index contributed by atoms with van der Waals surface area (Å²) in [7, 11) is 0. The molecule has 0 saturated carbocycles. The summed E-state index contributed by atoms with van der Waals surface area (Å²) >= 11 is 0. The van der Waals surface area contributed by atoms with Gasteiger partial charge in [-0.25, -0.2) is 22.3 Å². The summed E-state index contributed by atoms with van der Waals surface area (Å²) in [6, 6.07) is 1.98. The first kappa shape index (κ1) is 16.0. The lowest BCUT2D eigenvalue weighted by Crippen LogP contribution is -2.39. The molecule has 0 atom stereocenters. The second-order valence-electron chi connectivity index (χ2n) is 3.64. The first-order chi connectivity index (χ1) is 9.88. The highest BCUT2D eigenvalue weighted by Gasteiger charge is 2.28. The Balaban J connectivity index is 3.81. The third-order valence-corrected chi connectivity index (χ3v) is 2.53. The van der Waals surface area contributed by atoms with E-state index in [9.17, 15) is 19.2 Å². The van der Waals surface area contributed by atoms with Crippen molar-refractivity contribution in [1.82, 2.24) is 16.3 Å². The lowest BCUT2D eigenvalue weighted by atomic mass is 9.94. The molecule has 0 aliphatic carbocycles. The number of carboxylic acid groups (broad SMARTS) is 1. The van der Waals surface area contributed by atoms with Crippen molar-refractivity contribution in [1.29, 1.82) is 0 Å². The predicted molar refractivity (Wildman–Crippen MR) is 68.4 cm³/mol. The highest BCUT2D eigenvalue weighted by molar-refractivity contribution is 6.17. The van der Waals surface area contributed by atoms with Gasteiger partial charge in [-0.15, -0.1) is 0 Å². The molecule has 10 N–H and O–H groups in total. The van der Waals surface area contributed by atoms with E-state index in [0.717, 1.165) is 12.1 Å². The maximum absolute atomic E-state index is 11.8. The van der Waals surface area contributed by atoms with Crippen molar-refractivity contribution in [3.63, 3.8) is 0 Å². The van der Waals surface area contributed by atoms with Crippen molar-refractivity contribution >= 4 is 23.7 Å². The van der Waals surface area contributed by atoms with E-state index in [4.69, 9.17) is 22.6 Å². The number of carboxylic acids is 1. The van der Waals surface area contributed by atoms with E-state index < -0.39 is 40.4 Å². The number of hydrogen-bond acceptors (Lipinski definition) is 7. The molecule has 11 heteroatoms. The highest BCUT2D eigenvalue weighted by atomic mass is 16.4. The normalized spacial score (nSPS) is 9.67. The van der Waals surface area contributed by atoms with Crippen LogP contribution in [0.2, 0.25) is 0 Å². The summed E-state index contributed by atoms with van der Waals surface area (Å²) < 4.78 is 0. The summed E-state index contributed by atoms with van der Waals surface area (Å²) in [5.41, 5.74) is 3.11. The molecule has 11 nitrogen and oxygen atoms in total. The molecule has 0 saturated heterocycles. The van der Waals surface area contributed by atoms with Crippen LogP contribution >= 0.6 is 0 Å². The first-order valence-corrected chi connectivity index (χ1v) is 5.32. The molecule has 0 fully saturated rings. The molecule has 0 bridgehead atoms. The zero-order valence-corrected chi connectivity index (χ0v) is 10.5. The number of rotatable bonds is 4. The summed E-state index contributed by atoms with van der Waals surface area (Å²) in [6.07, 6.45) is 0. The van der Waals surface area contributed by atoms with Crippen LogP contribution in [0, 0.1) is 0 Å². The molecule has 0 aromatic heterocycles. The van der Waals surface area contributed by atoms with Gasteiger partial charge in [0.2, 0.25) is 0 Å². The van der Waals surface area contributed by atoms with Crippen LogP contribution in [-0.2, 0) is 0 Å². The molecule has 0 aliphatic rings. The van der Waals surface area contributed by atoms with E-state index in [1.54, 1.807) is 16.3 Å². The van der Waals surface area contributed by atoms with E-state index in [-0.39, 0.29) is 5.56 Å². The van der Waals surface area contributed by atoms with Crippen molar-refractivity contribution in [3.8, 4) is 0 Å². The third-order valence-electron chi connectivity index (χ3n) is 2.53. The van der Waals surface area contributed by atoms with Crippen LogP contribution in [0.5, 0.6) is 0 Å². The number of carbonyl (C=O) groups is 4. The fraction of sp³-hybridized carbons (Fsp3) is 0. The largest absolute Gasteiger partial charge is 0.478 e. The fourth-order valence-corrected chi connectivity index (χ4v) is 1.66. The van der Waals surface area contributed by atoms with Gasteiger partial charge in [0.1, 0.15) is 0 Å². The molecule has 3 amide bonds. The van der Waals surface area contributed by atoms with Crippen molar-refractivity contribution in [2.75, 3.05) is 0 Å². The molecule has 0 spiro atoms. The Hall–Kier alpha value is -3.02. The number of hydrogen-bond donors (Lipinski definition) is 7. The van der Waals surface area contributed by atoms with E-state index in [2.05, 4.69) is 0 Å². The molecule has 0 unspecified atom stereocenters. The zero-order valence-electron chi connectivity index (χ0n) is 10.5. The van der Waals surface area contributed by atoms with Crippen LogP contribution in [0.1, 0.15) is 41.4 Å². The average Bonchev–Trinajstić information content (AvgIpc) is 2.50. The molecule has 1 aromatic carbocycles. The number of nitrogens with two attached hydrogens (primary N) is 3. The van der Waals surface area contributed by atoms with E-state index in [1.807, 2.05) is 0 Å². The first-order valence-electron chi connectivity index (χ1n) is 5.32. The Morgan fingerprint density at radius 2 is 1.14 bits per heavy atom. The number of aromatic carboxylic acids is 1. The Kier molecular flexibility index (Phi) is 4.91. The maximum Gasteiger partial charge on any atom is 0.336 e. The lowest BCUT2D eigenvalue weighted by molar-refractivity contribution is 0.0690. The number of hydrazine groups is 3. The van der Waals surface area contributed by atoms with Gasteiger partial charge in [-0.3, -0.25) is 30.7 Å². The smallest absolute Gasteiger partial charge is 0.336 e. The quantitative estimate of drug-likeness (QED) is 0.175. The highest BCUT2D eigenvalue weighted by Crippen LogP contribution is 2.20. The van der Waals surface area contributed by atoms with Gasteiger partial charge in [-0.05, 0) is 12.1 Å². The number of nitrogens with one attached hydrogen (secondary N) is 3. The standard InChI is InChI=1S/C10H12N6O5/c11-14-7(17)3-1-2-4(10(20)21)6(9(19)16-13)5(3)8(18)15-12/h1-2H,11-13H2,(H,14,17)(H,15,18)(H,16,19)(H,20,21). The summed E-state index contributed by atoms with van der Waals surface area (Å²) in [4.78, 5) is 46.3. The van der Waals surface area contributed by atoms with Gasteiger partial charge in [0.25, 0.3) is 17.7 Å². The Morgan fingerprint density at radius 1 is 0.762 bits per heavy atom. The summed E-state index contributed by atoms with van der Waals surface area (Å²) in [5.74, 6) is 10.3. The SMILES string of the molecule is NNC(=O)c1ccc(C(=O)O)c(C(=O)NN)c1C(=O)NN. The van der Waals surface area contributed by atoms with Gasteiger partial charge in [0, 0.05) is 0 Å². The fourth-order valence-electron chi connectivity index (χ4n) is 1.66. The van der Waals surface area contributed by atoms with Crippen LogP contribution in [0.3, 0.4) is 0 Å². The molecule has 1 rings (SSSR count). The molecule has 0 radical (unpaired) electrons. The van der Waals surface area contributed by atoms with Crippen LogP contribution in [0.4, 0.5) is 0 Å². The molecule has 1 aromatic rings. The summed E-state index contributed by atoms with van der Waals surface area (Å²) in [6.45, 7) is 0. The van der Waals surface area contributed by atoms with Crippen molar-refractivity contribution in [3.05, 3.63) is 34.4 Å². The van der Waals surface area contributed by atoms with Gasteiger partial charge >= 0.3 is 5.97 Å². The molecule has 0 aliphatic heterocycles. The number of nitrogen functional groups attached to an aromatic ring is 3. The van der Waals surface area contributed by atoms with E-state index in [0.29, 0.717) is 0 Å². The third kappa shape index (κ3) is 2.94. The number of carbonyl (C=O) groups excluding carboxylic acids is 3. The minimum absolute atomic E-state index is 0.343. The van der Waals surface area contributed by atoms with Gasteiger partial charge in [-0.1, -0.05) is 0 Å². The summed E-state index contributed by atoms with van der Waals surface area (Å²) in [5, 5.41) is 9.07. The van der Waals surface area contributed by atoms with Crippen molar-refractivity contribution < 1.29 is 24.3 Å². The van der Waals surface area contributed by atoms with Crippen molar-refractivity contribution in [2.45, 2.75) is 0 Å². The Labute approximate surface area is 117 Å². The Morgan fingerprint density at radius 3 is 1.52 bits per heavy atom. The van der Waals surface area contributed by atoms with Gasteiger partial charge in [-0.2, -0.15) is 0 Å². The van der Waals surface area contributed by atoms with Crippen LogP contribution < -0.4 is 33.8 Å². The molecular weight excluding hydrogens is 284 g/mol. The zero-order chi connectivity index (χ0) is 16.2. The van der Waals surface area contributed by atoms with Gasteiger partial charge in [0.05, 0.1) is 22.3 Å². The van der Waals surface area contributed by atoms with Crippen LogP contribution in [-0.4, -0.2) is 28.8 Å². The topological polar surface area (TPSA) is 203 Å². The molecule has 0 heterocycles. The van der Waals surface area contributed by atoms with Crippen LogP contribution in [0.25, 0.3) is 0 Å². The molecule has 21 heavy (non-hydrogen) atoms. The van der Waals surface area contributed by atoms with Crippen molar-refractivity contribution in [2.24, 2.45) is 17.5 Å². The number of amides is 3. The van der Waals surface area contributed by atoms with Crippen LogP contribution in [0.15, 0.2) is 12.1 Å². The molecular formula is C10H12N6O5. The van der Waals surface area contributed by atoms with Gasteiger partial charge in [0.15, 0.2) is 0 Å². The van der Waals surface area contributed by atoms with E-state index >= 15 is 0 Å².